The molecule has 13 heavy (non-hydrogen) atoms. The predicted molar refractivity (Wildman–Crippen MR) is 41.2 cm³/mol. The van der Waals surface area contributed by atoms with E-state index in [0.29, 0.717) is 0 Å². The molecule has 7 heteroatoms. The molecule has 0 aliphatic rings. The summed E-state index contributed by atoms with van der Waals surface area (Å²) in [7, 11) is 2.95. The third-order valence-electron chi connectivity index (χ3n) is 1.58. The lowest BCUT2D eigenvalue weighted by Crippen LogP contribution is -2.33. The number of aromatic nitrogens is 4. The number of nitrogens with one attached hydrogen (secondary N) is 1. The van der Waals surface area contributed by atoms with Crippen LogP contribution in [-0.4, -0.2) is 33.2 Å². The van der Waals surface area contributed by atoms with Gasteiger partial charge in [0, 0.05) is 6.92 Å². The average Bonchev–Trinajstić information content (AvgIpc) is 2.34. The van der Waals surface area contributed by atoms with E-state index in [1.54, 1.807) is 0 Å². The van der Waals surface area contributed by atoms with Crippen molar-refractivity contribution in [2.75, 3.05) is 7.05 Å². The van der Waals surface area contributed by atoms with E-state index in [4.69, 9.17) is 0 Å². The predicted octanol–water partition coefficient (Wildman–Crippen LogP) is 0.126. The smallest absolute Gasteiger partial charge is 0.267 e. The lowest BCUT2D eigenvalue weighted by molar-refractivity contribution is -0.0198. The molecule has 1 rings (SSSR count). The van der Waals surface area contributed by atoms with Gasteiger partial charge in [-0.05, 0) is 12.3 Å². The van der Waals surface area contributed by atoms with Gasteiger partial charge < -0.3 is 5.32 Å². The van der Waals surface area contributed by atoms with Gasteiger partial charge in [-0.3, -0.25) is 0 Å². The van der Waals surface area contributed by atoms with Gasteiger partial charge in [0.1, 0.15) is 6.04 Å². The standard InChI is InChI=1S/C6H11F2N5/c1-6(7,8)4(9-2)5-10-12-13(3)11-5/h4,9H,1-3H3. The van der Waals surface area contributed by atoms with Gasteiger partial charge in [0.2, 0.25) is 0 Å². The van der Waals surface area contributed by atoms with Crippen LogP contribution in [0.4, 0.5) is 8.78 Å². The maximum absolute atomic E-state index is 12.9. The van der Waals surface area contributed by atoms with Crippen molar-refractivity contribution in [3.05, 3.63) is 5.82 Å². The van der Waals surface area contributed by atoms with Crippen LogP contribution in [-0.2, 0) is 7.05 Å². The Labute approximate surface area is 74.1 Å². The summed E-state index contributed by atoms with van der Waals surface area (Å²) in [5, 5.41) is 13.1. The molecule has 0 amide bonds. The van der Waals surface area contributed by atoms with Gasteiger partial charge in [-0.2, -0.15) is 4.80 Å². The Balaban J connectivity index is 2.91. The van der Waals surface area contributed by atoms with Crippen LogP contribution in [0.25, 0.3) is 0 Å². The van der Waals surface area contributed by atoms with Crippen LogP contribution in [0.1, 0.15) is 18.8 Å². The fraction of sp³-hybridized carbons (Fsp3) is 0.833. The minimum atomic E-state index is -2.90. The summed E-state index contributed by atoms with van der Waals surface area (Å²) >= 11 is 0. The molecule has 0 saturated heterocycles. The number of hydrogen-bond acceptors (Lipinski definition) is 4. The highest BCUT2D eigenvalue weighted by molar-refractivity contribution is 4.95. The molecule has 0 bridgehead atoms. The molecule has 0 aliphatic carbocycles. The molecule has 0 saturated carbocycles. The van der Waals surface area contributed by atoms with Crippen molar-refractivity contribution in [2.45, 2.75) is 18.9 Å². The highest BCUT2D eigenvalue weighted by Gasteiger charge is 2.37. The van der Waals surface area contributed by atoms with Crippen LogP contribution in [0, 0.1) is 0 Å². The Bertz CT molecular complexity index is 279. The monoisotopic (exact) mass is 191 g/mol. The van der Waals surface area contributed by atoms with Crippen molar-refractivity contribution in [3.63, 3.8) is 0 Å². The van der Waals surface area contributed by atoms with Crippen LogP contribution < -0.4 is 5.32 Å². The molecule has 1 atom stereocenters. The third-order valence-corrected chi connectivity index (χ3v) is 1.58. The highest BCUT2D eigenvalue weighted by Crippen LogP contribution is 2.27. The molecule has 0 fully saturated rings. The number of hydrogen-bond donors (Lipinski definition) is 1. The average molecular weight is 191 g/mol. The zero-order valence-electron chi connectivity index (χ0n) is 7.62. The molecule has 0 aliphatic heterocycles. The van der Waals surface area contributed by atoms with Crippen LogP contribution in [0.5, 0.6) is 0 Å². The molecule has 74 valence electrons. The van der Waals surface area contributed by atoms with Crippen LogP contribution in [0.3, 0.4) is 0 Å². The second-order valence-electron chi connectivity index (χ2n) is 2.82. The van der Waals surface area contributed by atoms with Crippen molar-refractivity contribution in [1.29, 1.82) is 0 Å². The van der Waals surface area contributed by atoms with Gasteiger partial charge in [0.15, 0.2) is 5.82 Å². The van der Waals surface area contributed by atoms with E-state index < -0.39 is 12.0 Å². The molecule has 0 spiro atoms. The van der Waals surface area contributed by atoms with E-state index in [-0.39, 0.29) is 5.82 Å². The molecular formula is C6H11F2N5. The maximum Gasteiger partial charge on any atom is 0.267 e. The first-order valence-electron chi connectivity index (χ1n) is 3.74. The van der Waals surface area contributed by atoms with E-state index in [1.807, 2.05) is 0 Å². The van der Waals surface area contributed by atoms with Crippen molar-refractivity contribution in [1.82, 2.24) is 25.5 Å². The van der Waals surface area contributed by atoms with Gasteiger partial charge in [-0.1, -0.05) is 0 Å². The molecule has 1 aromatic rings. The zero-order valence-corrected chi connectivity index (χ0v) is 7.62. The first kappa shape index (κ1) is 9.97. The van der Waals surface area contributed by atoms with E-state index in [1.165, 1.54) is 14.1 Å². The normalized spacial score (nSPS) is 14.5. The fourth-order valence-electron chi connectivity index (χ4n) is 1.02. The van der Waals surface area contributed by atoms with Gasteiger partial charge in [0.05, 0.1) is 7.05 Å². The maximum atomic E-state index is 12.9. The van der Waals surface area contributed by atoms with Gasteiger partial charge in [-0.25, -0.2) is 8.78 Å². The minimum Gasteiger partial charge on any atom is -0.305 e. The first-order valence-corrected chi connectivity index (χ1v) is 3.74. The van der Waals surface area contributed by atoms with Gasteiger partial charge >= 0.3 is 0 Å². The topological polar surface area (TPSA) is 55.6 Å². The fourth-order valence-corrected chi connectivity index (χ4v) is 1.02. The van der Waals surface area contributed by atoms with Crippen molar-refractivity contribution < 1.29 is 8.78 Å². The third kappa shape index (κ3) is 2.18. The number of halogens is 2. The highest BCUT2D eigenvalue weighted by atomic mass is 19.3. The largest absolute Gasteiger partial charge is 0.305 e. The molecule has 1 heterocycles. The van der Waals surface area contributed by atoms with E-state index >= 15 is 0 Å². The van der Waals surface area contributed by atoms with Crippen LogP contribution >= 0.6 is 0 Å². The van der Waals surface area contributed by atoms with Crippen LogP contribution in [0.2, 0.25) is 0 Å². The summed E-state index contributed by atoms with van der Waals surface area (Å²) in [5.74, 6) is -2.91. The van der Waals surface area contributed by atoms with Crippen molar-refractivity contribution >= 4 is 0 Å². The summed E-state index contributed by atoms with van der Waals surface area (Å²) in [6.45, 7) is 0.810. The Morgan fingerprint density at radius 3 is 2.46 bits per heavy atom. The van der Waals surface area contributed by atoms with E-state index in [9.17, 15) is 8.78 Å². The second kappa shape index (κ2) is 3.33. The molecule has 1 aromatic heterocycles. The Hall–Kier alpha value is -1.11. The number of tetrazole rings is 1. The summed E-state index contributed by atoms with van der Waals surface area (Å²) in [6, 6.07) is -1.19. The molecule has 5 nitrogen and oxygen atoms in total. The second-order valence-corrected chi connectivity index (χ2v) is 2.82. The number of aryl methyl sites for hydroxylation is 1. The molecule has 1 N–H and O–H groups in total. The quantitative estimate of drug-likeness (QED) is 0.737. The van der Waals surface area contributed by atoms with Gasteiger partial charge in [0.25, 0.3) is 5.92 Å². The van der Waals surface area contributed by atoms with Crippen LogP contribution in [0.15, 0.2) is 0 Å². The molecule has 1 unspecified atom stereocenters. The van der Waals surface area contributed by atoms with Crippen molar-refractivity contribution in [3.8, 4) is 0 Å². The SMILES string of the molecule is CNC(c1nnn(C)n1)C(C)(F)F. The lowest BCUT2D eigenvalue weighted by atomic mass is 10.1. The van der Waals surface area contributed by atoms with E-state index in [0.717, 1.165) is 11.7 Å². The summed E-state index contributed by atoms with van der Waals surface area (Å²) in [5.41, 5.74) is 0. The Kier molecular flexibility index (Phi) is 2.55. The summed E-state index contributed by atoms with van der Waals surface area (Å²) < 4.78 is 25.8. The van der Waals surface area contributed by atoms with Crippen molar-refractivity contribution in [2.24, 2.45) is 7.05 Å². The summed E-state index contributed by atoms with van der Waals surface area (Å²) in [6.07, 6.45) is 0. The van der Waals surface area contributed by atoms with Gasteiger partial charge in [-0.15, -0.1) is 10.2 Å². The Morgan fingerprint density at radius 1 is 1.54 bits per heavy atom. The molecule has 0 radical (unpaired) electrons. The number of alkyl halides is 2. The zero-order chi connectivity index (χ0) is 10.1. The first-order chi connectivity index (χ1) is 5.95. The minimum absolute atomic E-state index is 0.00231. The number of rotatable bonds is 3. The Morgan fingerprint density at radius 2 is 2.15 bits per heavy atom. The summed E-state index contributed by atoms with van der Waals surface area (Å²) in [4.78, 5) is 1.14. The van der Waals surface area contributed by atoms with E-state index in [2.05, 4.69) is 20.7 Å². The molecular weight excluding hydrogens is 180 g/mol. The number of nitrogens with zero attached hydrogens (tertiary/aromatic N) is 4. The lowest BCUT2D eigenvalue weighted by Gasteiger charge is -2.19. The molecule has 0 aromatic carbocycles.